The van der Waals surface area contributed by atoms with E-state index in [1.54, 1.807) is 0 Å². The molecule has 1 saturated heterocycles. The van der Waals surface area contributed by atoms with E-state index in [1.807, 2.05) is 30.3 Å². The molecule has 6 heteroatoms. The number of carbonyl (C=O) groups excluding carboxylic acids is 1. The first-order valence-electron chi connectivity index (χ1n) is 11.8. The first-order chi connectivity index (χ1) is 15.6. The second-order valence-corrected chi connectivity index (χ2v) is 8.44. The third-order valence-electron chi connectivity index (χ3n) is 5.87. The first kappa shape index (κ1) is 23.8. The van der Waals surface area contributed by atoms with E-state index in [2.05, 4.69) is 70.0 Å². The minimum atomic E-state index is 0.0243. The number of hydrogen-bond acceptors (Lipinski definition) is 3. The molecule has 1 fully saturated rings. The number of piperidine rings is 1. The number of rotatable bonds is 9. The van der Waals surface area contributed by atoms with Crippen molar-refractivity contribution in [1.29, 1.82) is 0 Å². The Balaban J connectivity index is 1.42. The quantitative estimate of drug-likeness (QED) is 0.418. The molecule has 2 atom stereocenters. The van der Waals surface area contributed by atoms with Crippen LogP contribution in [0.2, 0.25) is 0 Å². The molecule has 0 aliphatic carbocycles. The van der Waals surface area contributed by atoms with Gasteiger partial charge in [0.1, 0.15) is 0 Å². The minimum Gasteiger partial charge on any atom is -0.357 e. The summed E-state index contributed by atoms with van der Waals surface area (Å²) in [6.45, 7) is 8.26. The van der Waals surface area contributed by atoms with Crippen molar-refractivity contribution in [1.82, 2.24) is 20.9 Å². The number of nitrogens with zero attached hydrogens (tertiary/aromatic N) is 2. The maximum Gasteiger partial charge on any atom is 0.222 e. The molecular formula is C26H37N5O. The van der Waals surface area contributed by atoms with Crippen LogP contribution in [-0.2, 0) is 17.9 Å². The largest absolute Gasteiger partial charge is 0.357 e. The predicted octanol–water partition coefficient (Wildman–Crippen LogP) is 3.30. The molecule has 0 bridgehead atoms. The molecule has 1 heterocycles. The van der Waals surface area contributed by atoms with Crippen LogP contribution in [0.3, 0.4) is 0 Å². The number of benzene rings is 2. The molecule has 6 nitrogen and oxygen atoms in total. The van der Waals surface area contributed by atoms with Crippen molar-refractivity contribution in [2.24, 2.45) is 4.99 Å². The average molecular weight is 436 g/mol. The normalized spacial score (nSPS) is 19.4. The zero-order chi connectivity index (χ0) is 22.6. The summed E-state index contributed by atoms with van der Waals surface area (Å²) < 4.78 is 0. The molecule has 2 unspecified atom stereocenters. The number of nitrogens with one attached hydrogen (secondary N) is 3. The lowest BCUT2D eigenvalue weighted by Crippen LogP contribution is -2.51. The van der Waals surface area contributed by atoms with Gasteiger partial charge in [-0.2, -0.15) is 0 Å². The zero-order valence-corrected chi connectivity index (χ0v) is 19.4. The average Bonchev–Trinajstić information content (AvgIpc) is 2.81. The molecular weight excluding hydrogens is 398 g/mol. The van der Waals surface area contributed by atoms with E-state index in [0.29, 0.717) is 31.6 Å². The van der Waals surface area contributed by atoms with E-state index >= 15 is 0 Å². The summed E-state index contributed by atoms with van der Waals surface area (Å²) in [6, 6.07) is 21.5. The van der Waals surface area contributed by atoms with Crippen LogP contribution in [0.1, 0.15) is 44.2 Å². The Labute approximate surface area is 192 Å². The van der Waals surface area contributed by atoms with Crippen LogP contribution in [0.15, 0.2) is 65.7 Å². The van der Waals surface area contributed by atoms with Crippen molar-refractivity contribution in [2.75, 3.05) is 19.6 Å². The summed E-state index contributed by atoms with van der Waals surface area (Å²) >= 11 is 0. The number of guanidine groups is 1. The van der Waals surface area contributed by atoms with Crippen LogP contribution in [0, 0.1) is 0 Å². The minimum absolute atomic E-state index is 0.0243. The van der Waals surface area contributed by atoms with E-state index in [4.69, 9.17) is 0 Å². The monoisotopic (exact) mass is 435 g/mol. The highest BCUT2D eigenvalue weighted by Gasteiger charge is 2.25. The molecule has 0 radical (unpaired) electrons. The highest BCUT2D eigenvalue weighted by Crippen LogP contribution is 2.19. The number of likely N-dealkylation sites (tertiary alicyclic amines) is 1. The van der Waals surface area contributed by atoms with E-state index in [0.717, 1.165) is 44.0 Å². The molecule has 0 saturated carbocycles. The highest BCUT2D eigenvalue weighted by atomic mass is 16.1. The fourth-order valence-corrected chi connectivity index (χ4v) is 4.07. The van der Waals surface area contributed by atoms with Gasteiger partial charge in [-0.15, -0.1) is 0 Å². The van der Waals surface area contributed by atoms with Gasteiger partial charge < -0.3 is 16.0 Å². The number of hydrogen-bond donors (Lipinski definition) is 3. The second kappa shape index (κ2) is 12.9. The molecule has 32 heavy (non-hydrogen) atoms. The van der Waals surface area contributed by atoms with Gasteiger partial charge in [-0.1, -0.05) is 60.7 Å². The smallest absolute Gasteiger partial charge is 0.222 e. The molecule has 2 aromatic rings. The molecule has 3 rings (SSSR count). The van der Waals surface area contributed by atoms with Gasteiger partial charge in [0.2, 0.25) is 5.91 Å². The summed E-state index contributed by atoms with van der Waals surface area (Å²) in [5.41, 5.74) is 2.47. The lowest BCUT2D eigenvalue weighted by Gasteiger charge is -2.38. The third kappa shape index (κ3) is 8.00. The third-order valence-corrected chi connectivity index (χ3v) is 5.87. The van der Waals surface area contributed by atoms with Crippen molar-refractivity contribution in [3.05, 3.63) is 71.8 Å². The van der Waals surface area contributed by atoms with Crippen LogP contribution >= 0.6 is 0 Å². The summed E-state index contributed by atoms with van der Waals surface area (Å²) in [5.74, 6) is 0.827. The summed E-state index contributed by atoms with van der Waals surface area (Å²) in [6.07, 6.45) is 2.54. The first-order valence-corrected chi connectivity index (χ1v) is 11.8. The molecule has 3 N–H and O–H groups in total. The highest BCUT2D eigenvalue weighted by molar-refractivity contribution is 5.81. The maximum absolute atomic E-state index is 12.1. The van der Waals surface area contributed by atoms with Gasteiger partial charge in [-0.05, 0) is 37.8 Å². The molecule has 172 valence electrons. The molecule has 1 aliphatic heterocycles. The standard InChI is InChI=1S/C26H37N5O/c1-3-27-26(28-16-14-25(32)29-19-22-10-6-4-7-11-22)30-24-15-17-31(21(2)18-24)20-23-12-8-5-9-13-23/h4-13,21,24H,3,14-20H2,1-2H3,(H,29,32)(H2,27,28,30). The Morgan fingerprint density at radius 2 is 1.72 bits per heavy atom. The van der Waals surface area contributed by atoms with Gasteiger partial charge in [0.25, 0.3) is 0 Å². The number of amides is 1. The van der Waals surface area contributed by atoms with E-state index in [1.165, 1.54) is 5.56 Å². The van der Waals surface area contributed by atoms with Crippen molar-refractivity contribution in [3.63, 3.8) is 0 Å². The van der Waals surface area contributed by atoms with Crippen LogP contribution in [0.5, 0.6) is 0 Å². The Kier molecular flexibility index (Phi) is 9.57. The van der Waals surface area contributed by atoms with Crippen LogP contribution in [-0.4, -0.2) is 48.5 Å². The Morgan fingerprint density at radius 3 is 2.38 bits per heavy atom. The van der Waals surface area contributed by atoms with Crippen molar-refractivity contribution >= 4 is 11.9 Å². The predicted molar refractivity (Wildman–Crippen MR) is 131 cm³/mol. The number of aliphatic imine (C=N–C) groups is 1. The van der Waals surface area contributed by atoms with E-state index < -0.39 is 0 Å². The Hall–Kier alpha value is -2.86. The summed E-state index contributed by atoms with van der Waals surface area (Å²) in [7, 11) is 0. The molecule has 0 aromatic heterocycles. The van der Waals surface area contributed by atoms with Gasteiger partial charge in [-0.25, -0.2) is 0 Å². The molecule has 2 aromatic carbocycles. The summed E-state index contributed by atoms with van der Waals surface area (Å²) in [4.78, 5) is 19.3. The van der Waals surface area contributed by atoms with Gasteiger partial charge in [0.05, 0.1) is 6.54 Å². The van der Waals surface area contributed by atoms with Crippen molar-refractivity contribution in [2.45, 2.75) is 58.3 Å². The topological polar surface area (TPSA) is 68.8 Å². The fraction of sp³-hybridized carbons (Fsp3) is 0.462. The maximum atomic E-state index is 12.1. The second-order valence-electron chi connectivity index (χ2n) is 8.44. The Morgan fingerprint density at radius 1 is 1.03 bits per heavy atom. The van der Waals surface area contributed by atoms with E-state index in [9.17, 15) is 4.79 Å². The van der Waals surface area contributed by atoms with Gasteiger partial charge in [0.15, 0.2) is 5.96 Å². The van der Waals surface area contributed by atoms with Crippen LogP contribution < -0.4 is 16.0 Å². The van der Waals surface area contributed by atoms with Crippen LogP contribution in [0.4, 0.5) is 0 Å². The number of carbonyl (C=O) groups is 1. The zero-order valence-electron chi connectivity index (χ0n) is 19.4. The van der Waals surface area contributed by atoms with E-state index in [-0.39, 0.29) is 5.91 Å². The molecule has 0 spiro atoms. The van der Waals surface area contributed by atoms with Gasteiger partial charge >= 0.3 is 0 Å². The summed E-state index contributed by atoms with van der Waals surface area (Å²) in [5, 5.41) is 9.87. The van der Waals surface area contributed by atoms with Gasteiger partial charge in [-0.3, -0.25) is 14.7 Å². The molecule has 1 aliphatic rings. The fourth-order valence-electron chi connectivity index (χ4n) is 4.07. The Bertz CT molecular complexity index is 840. The van der Waals surface area contributed by atoms with Crippen LogP contribution in [0.25, 0.3) is 0 Å². The van der Waals surface area contributed by atoms with Crippen molar-refractivity contribution in [3.8, 4) is 0 Å². The molecule has 1 amide bonds. The lowest BCUT2D eigenvalue weighted by molar-refractivity contribution is -0.121. The van der Waals surface area contributed by atoms with Gasteiger partial charge in [0, 0.05) is 44.7 Å². The van der Waals surface area contributed by atoms with Crippen molar-refractivity contribution < 1.29 is 4.79 Å². The SMILES string of the molecule is CCNC(=NCCC(=O)NCc1ccccc1)NC1CCN(Cc2ccccc2)C(C)C1. The lowest BCUT2D eigenvalue weighted by atomic mass is 9.97.